The SMILES string of the molecule is N.N.N.N.N.N.N.N.N.N.N.N.N.N.N.N.N.N.N.N.N.N.N.N.N.N.N.N.N.N.N.N.N.N.N.N.N.N.N.N.N.N.O.O.O.O.O.O.O.O.O.O.O.O.O.O.O.O.O.O.O.O.O. The van der Waals surface area contributed by atoms with Gasteiger partial charge in [-0.05, 0) is 0 Å². The summed E-state index contributed by atoms with van der Waals surface area (Å²) in [4.78, 5) is 0. The normalized spacial score (nSPS) is 0. The van der Waals surface area contributed by atoms with Crippen LogP contribution >= 0.6 is 0 Å². The predicted molar refractivity (Wildman–Crippen MR) is 287 cm³/mol. The van der Waals surface area contributed by atoms with E-state index in [2.05, 4.69) is 0 Å². The summed E-state index contributed by atoms with van der Waals surface area (Å²) in [6.07, 6.45) is 0. The van der Waals surface area contributed by atoms with E-state index in [0.29, 0.717) is 0 Å². The predicted octanol–water partition coefficient (Wildman–Crippen LogP) is -10.5. The van der Waals surface area contributed by atoms with Crippen LogP contribution in [0.4, 0.5) is 0 Å². The summed E-state index contributed by atoms with van der Waals surface area (Å²) in [6, 6.07) is 0. The van der Waals surface area contributed by atoms with Gasteiger partial charge in [-0.25, -0.2) is 0 Å². The van der Waals surface area contributed by atoms with Gasteiger partial charge in [0, 0.05) is 0 Å². The second-order valence-corrected chi connectivity index (χ2v) is 0. The Labute approximate surface area is 374 Å². The first-order valence-electron chi connectivity index (χ1n) is 0. The molecule has 0 aliphatic rings. The second-order valence-electron chi connectivity index (χ2n) is 0. The van der Waals surface area contributed by atoms with Gasteiger partial charge in [-0.15, -0.1) is 0 Å². The molecular formula is H168N42O21. The Balaban J connectivity index is 0. The first-order valence-corrected chi connectivity index (χ1v) is 0. The first kappa shape index (κ1) is 33700. The lowest BCUT2D eigenvalue weighted by Crippen LogP contribution is -0.482. The zero-order chi connectivity index (χ0) is 0. The van der Waals surface area contributed by atoms with E-state index in [4.69, 9.17) is 0 Å². The van der Waals surface area contributed by atoms with Crippen LogP contribution in [0, 0.1) is 0 Å². The third kappa shape index (κ3) is 30900. The molecule has 0 bridgehead atoms. The Hall–Kier alpha value is -2.52. The van der Waals surface area contributed by atoms with Gasteiger partial charge in [0.05, 0.1) is 0 Å². The molecule has 0 heterocycles. The fourth-order valence-corrected chi connectivity index (χ4v) is 0. The van der Waals surface area contributed by atoms with E-state index in [1.165, 1.54) is 0 Å². The molecule has 0 aromatic carbocycles. The van der Waals surface area contributed by atoms with Crippen LogP contribution in [-0.2, 0) is 0 Å². The highest BCUT2D eigenvalue weighted by molar-refractivity contribution is 2.18. The van der Waals surface area contributed by atoms with Crippen molar-refractivity contribution in [3.8, 4) is 0 Å². The maximum absolute atomic E-state index is 0. The minimum atomic E-state index is 0. The maximum Gasteiger partial charge on any atom is -0.344 e. The fraction of sp³-hybridized carbons (Fsp3) is 0. The first-order chi connectivity index (χ1) is 0. The van der Waals surface area contributed by atoms with Crippen LogP contribution in [-0.4, -0.2) is 115 Å². The van der Waals surface area contributed by atoms with E-state index in [9.17, 15) is 0 Å². The summed E-state index contributed by atoms with van der Waals surface area (Å²) in [5.41, 5.74) is 0. The van der Waals surface area contributed by atoms with Crippen LogP contribution in [0.2, 0.25) is 0 Å². The molecule has 0 unspecified atom stereocenters. The van der Waals surface area contributed by atoms with E-state index < -0.39 is 0 Å². The van der Waals surface area contributed by atoms with Crippen LogP contribution in [0.5, 0.6) is 0 Å². The Bertz CT molecular complexity index is 57.9. The van der Waals surface area contributed by atoms with Crippen LogP contribution in [0.3, 0.4) is 0 Å². The highest BCUT2D eigenvalue weighted by Crippen LogP contribution is -0.264. The molecular weight excluding hydrogens is 924 g/mol. The summed E-state index contributed by atoms with van der Waals surface area (Å²) in [7, 11) is 0. The summed E-state index contributed by atoms with van der Waals surface area (Å²) in [5, 5.41) is 0. The molecule has 0 aromatic rings. The highest BCUT2D eigenvalue weighted by Gasteiger charge is -0.294. The molecule has 0 aromatic heterocycles. The van der Waals surface area contributed by atoms with Crippen molar-refractivity contribution in [2.75, 3.05) is 0 Å². The summed E-state index contributed by atoms with van der Waals surface area (Å²) < 4.78 is 0. The third-order valence-corrected chi connectivity index (χ3v) is 0. The molecule has 0 radical (unpaired) electrons. The molecule has 0 spiro atoms. The van der Waals surface area contributed by atoms with Gasteiger partial charge in [-0.2, -0.15) is 0 Å². The standard InChI is InChI=1S/42H3N.21H2O/h42*1H3;21*1H2. The monoisotopic (exact) mass is 1090 g/mol. The van der Waals surface area contributed by atoms with Crippen molar-refractivity contribution >= 4 is 0 Å². The van der Waals surface area contributed by atoms with Gasteiger partial charge in [0.1, 0.15) is 0 Å². The molecule has 0 atom stereocenters. The van der Waals surface area contributed by atoms with Crippen LogP contribution < -0.4 is 258 Å². The van der Waals surface area contributed by atoms with E-state index >= 15 is 0 Å². The minimum Gasteiger partial charge on any atom is -0.412 e. The molecule has 0 aliphatic carbocycles. The largest absolute Gasteiger partial charge is 0.412 e. The van der Waals surface area contributed by atoms with E-state index in [1.54, 1.807) is 0 Å². The van der Waals surface area contributed by atoms with Crippen molar-refractivity contribution in [3.63, 3.8) is 0 Å². The van der Waals surface area contributed by atoms with Crippen LogP contribution in [0.1, 0.15) is 0 Å². The van der Waals surface area contributed by atoms with Gasteiger partial charge in [0.2, 0.25) is 0 Å². The average molecular weight is 1090 g/mol. The molecule has 0 fully saturated rings. The minimum absolute atomic E-state index is 0. The van der Waals surface area contributed by atoms with Crippen molar-refractivity contribution in [3.05, 3.63) is 0 Å². The van der Waals surface area contributed by atoms with E-state index in [-0.39, 0.29) is 373 Å². The number of hydrogen-bond donors (Lipinski definition) is 42. The molecule has 0 saturated carbocycles. The summed E-state index contributed by atoms with van der Waals surface area (Å²) >= 11 is 0. The topological polar surface area (TPSA) is 2130 Å². The van der Waals surface area contributed by atoms with Crippen molar-refractivity contribution in [2.24, 2.45) is 0 Å². The zero-order valence-electron chi connectivity index (χ0n) is 40.2. The second kappa shape index (κ2) is 32000. The lowest BCUT2D eigenvalue weighted by molar-refractivity contribution is 0.823. The Morgan fingerprint density at radius 2 is 0.0317 bits per heavy atom. The molecule has 504 valence electrons. The Morgan fingerprint density at radius 3 is 0.0317 bits per heavy atom. The zero-order valence-corrected chi connectivity index (χ0v) is 40.2. The highest BCUT2D eigenvalue weighted by atomic mass is 16.0. The number of hydrogen-bond acceptors (Lipinski definition) is 42. The van der Waals surface area contributed by atoms with Gasteiger partial charge in [-0.3, -0.25) is 0 Å². The Morgan fingerprint density at radius 1 is 0.0317 bits per heavy atom. The summed E-state index contributed by atoms with van der Waals surface area (Å²) in [6.45, 7) is 0. The lowest BCUT2D eigenvalue weighted by Gasteiger charge is -0.413. The van der Waals surface area contributed by atoms with Crippen LogP contribution in [0.15, 0.2) is 0 Å². The molecule has 0 saturated heterocycles. The quantitative estimate of drug-likeness (QED) is 0.107. The van der Waals surface area contributed by atoms with Gasteiger partial charge in [-0.1, -0.05) is 0 Å². The van der Waals surface area contributed by atoms with Crippen molar-refractivity contribution in [2.45, 2.75) is 0 Å². The Kier molecular flexibility index (Phi) is 17100000. The van der Waals surface area contributed by atoms with Crippen LogP contribution in [0.25, 0.3) is 0 Å². The fourth-order valence-electron chi connectivity index (χ4n) is 0. The molecule has 63 nitrogen and oxygen atoms in total. The smallest absolute Gasteiger partial charge is 0.344 e. The average Bonchev–Trinajstić information content (AvgIpc) is 0. The number of rotatable bonds is 0. The van der Waals surface area contributed by atoms with Gasteiger partial charge in [0.25, 0.3) is 0 Å². The lowest BCUT2D eigenvalue weighted by atomic mass is 14.0. The molecule has 63 heavy (non-hydrogen) atoms. The molecule has 63 heteroatoms. The van der Waals surface area contributed by atoms with Crippen molar-refractivity contribution in [1.29, 1.82) is 0 Å². The van der Waals surface area contributed by atoms with E-state index in [1.807, 2.05) is 0 Å². The molecule has 0 rings (SSSR count). The van der Waals surface area contributed by atoms with Gasteiger partial charge >= 0.3 is 0 Å². The maximum atomic E-state index is 0. The molecule has 0 aliphatic heterocycles. The van der Waals surface area contributed by atoms with Gasteiger partial charge < -0.3 is 373 Å². The molecule has 168 N–H and O–H groups in total. The van der Waals surface area contributed by atoms with Crippen molar-refractivity contribution < 1.29 is 115 Å². The van der Waals surface area contributed by atoms with Gasteiger partial charge in [0.15, 0.2) is 0 Å². The third-order valence-electron chi connectivity index (χ3n) is 0. The summed E-state index contributed by atoms with van der Waals surface area (Å²) in [5.74, 6) is 0. The molecule has 0 amide bonds. The van der Waals surface area contributed by atoms with Crippen molar-refractivity contribution in [1.82, 2.24) is 258 Å². The van der Waals surface area contributed by atoms with E-state index in [0.717, 1.165) is 0 Å².